The van der Waals surface area contributed by atoms with Gasteiger partial charge in [-0.3, -0.25) is 34.0 Å². The first-order valence-electron chi connectivity index (χ1n) is 10.2. The first-order valence-corrected chi connectivity index (χ1v) is 10.2. The van der Waals surface area contributed by atoms with E-state index in [1.807, 2.05) is 18.7 Å². The summed E-state index contributed by atoms with van der Waals surface area (Å²) in [5, 5.41) is 27.6. The van der Waals surface area contributed by atoms with Gasteiger partial charge in [0.2, 0.25) is 0 Å². The molecule has 0 aromatic heterocycles. The van der Waals surface area contributed by atoms with Crippen LogP contribution in [0.5, 0.6) is 0 Å². The van der Waals surface area contributed by atoms with Gasteiger partial charge in [0.15, 0.2) is 0 Å². The zero-order valence-corrected chi connectivity index (χ0v) is 18.2. The molecule has 1 atom stereocenters. The first kappa shape index (κ1) is 27.9. The molecule has 0 spiro atoms. The summed E-state index contributed by atoms with van der Waals surface area (Å²) in [4.78, 5) is 51.6. The standard InChI is InChI=1S/C17H30N4O7.C2H6/c1-14(17(27)28)21-8-6-19(12-15(23)24)4-2-18(10-11-22)3-5-20(7-9-21)13-16(25)26;1-2/h11,14H,2-10,12-13H2,1H3,(H,23,24)(H,25,26)(H,27,28);1-2H3. The number of rotatable bonds is 8. The molecule has 3 N–H and O–H groups in total. The van der Waals surface area contributed by atoms with Gasteiger partial charge in [-0.05, 0) is 6.92 Å². The summed E-state index contributed by atoms with van der Waals surface area (Å²) >= 11 is 0. The van der Waals surface area contributed by atoms with E-state index in [-0.39, 0.29) is 19.6 Å². The molecule has 1 heterocycles. The lowest BCUT2D eigenvalue weighted by Crippen LogP contribution is -2.50. The van der Waals surface area contributed by atoms with Crippen molar-refractivity contribution in [2.75, 3.05) is 72.0 Å². The van der Waals surface area contributed by atoms with Gasteiger partial charge in [-0.2, -0.15) is 0 Å². The second-order valence-corrected chi connectivity index (χ2v) is 6.86. The minimum atomic E-state index is -0.987. The lowest BCUT2D eigenvalue weighted by molar-refractivity contribution is -0.144. The summed E-state index contributed by atoms with van der Waals surface area (Å²) in [5.41, 5.74) is 0. The van der Waals surface area contributed by atoms with Crippen LogP contribution in [0.15, 0.2) is 0 Å². The third-order valence-electron chi connectivity index (χ3n) is 4.83. The highest BCUT2D eigenvalue weighted by molar-refractivity contribution is 5.73. The van der Waals surface area contributed by atoms with Crippen LogP contribution < -0.4 is 0 Å². The molecule has 11 heteroatoms. The van der Waals surface area contributed by atoms with Crippen molar-refractivity contribution < 1.29 is 34.5 Å². The molecule has 0 bridgehead atoms. The van der Waals surface area contributed by atoms with Crippen molar-refractivity contribution in [1.82, 2.24) is 19.6 Å². The molecule has 0 saturated carbocycles. The fourth-order valence-corrected chi connectivity index (χ4v) is 3.08. The van der Waals surface area contributed by atoms with E-state index in [4.69, 9.17) is 10.2 Å². The molecule has 0 aromatic carbocycles. The Kier molecular flexibility index (Phi) is 14.6. The van der Waals surface area contributed by atoms with Gasteiger partial charge >= 0.3 is 17.9 Å². The Morgan fingerprint density at radius 1 is 0.767 bits per heavy atom. The molecule has 1 aliphatic heterocycles. The monoisotopic (exact) mass is 432 g/mol. The highest BCUT2D eigenvalue weighted by Crippen LogP contribution is 2.04. The van der Waals surface area contributed by atoms with E-state index in [0.29, 0.717) is 52.4 Å². The predicted octanol–water partition coefficient (Wildman–Crippen LogP) is -0.925. The molecule has 1 unspecified atom stereocenters. The molecule has 1 saturated heterocycles. The van der Waals surface area contributed by atoms with Crippen LogP contribution in [0.2, 0.25) is 0 Å². The predicted molar refractivity (Wildman–Crippen MR) is 111 cm³/mol. The summed E-state index contributed by atoms with van der Waals surface area (Å²) in [7, 11) is 0. The lowest BCUT2D eigenvalue weighted by Gasteiger charge is -2.34. The average Bonchev–Trinajstić information content (AvgIpc) is 2.68. The van der Waals surface area contributed by atoms with E-state index in [9.17, 15) is 24.3 Å². The minimum Gasteiger partial charge on any atom is -0.480 e. The minimum absolute atomic E-state index is 0.171. The molecule has 1 aliphatic rings. The maximum Gasteiger partial charge on any atom is 0.320 e. The summed E-state index contributed by atoms with van der Waals surface area (Å²) in [6.07, 6.45) is 0.769. The van der Waals surface area contributed by atoms with Gasteiger partial charge < -0.3 is 20.1 Å². The van der Waals surface area contributed by atoms with Gasteiger partial charge in [0.05, 0.1) is 19.6 Å². The number of carboxylic acids is 3. The van der Waals surface area contributed by atoms with Crippen LogP contribution in [0.4, 0.5) is 0 Å². The molecule has 0 radical (unpaired) electrons. The van der Waals surface area contributed by atoms with Gasteiger partial charge in [0, 0.05) is 52.4 Å². The van der Waals surface area contributed by atoms with Gasteiger partial charge in [-0.25, -0.2) is 0 Å². The highest BCUT2D eigenvalue weighted by atomic mass is 16.4. The van der Waals surface area contributed by atoms with Gasteiger partial charge in [-0.1, -0.05) is 13.8 Å². The second-order valence-electron chi connectivity index (χ2n) is 6.86. The Hall–Kier alpha value is -2.08. The van der Waals surface area contributed by atoms with Crippen LogP contribution in [-0.2, 0) is 19.2 Å². The fourth-order valence-electron chi connectivity index (χ4n) is 3.08. The fraction of sp³-hybridized carbons (Fsp3) is 0.789. The van der Waals surface area contributed by atoms with Gasteiger partial charge in [0.1, 0.15) is 12.3 Å². The summed E-state index contributed by atoms with van der Waals surface area (Å²) in [5.74, 6) is -2.93. The van der Waals surface area contributed by atoms with Crippen molar-refractivity contribution in [3.8, 4) is 0 Å². The highest BCUT2D eigenvalue weighted by Gasteiger charge is 2.24. The molecule has 174 valence electrons. The first-order chi connectivity index (χ1) is 14.2. The molecule has 30 heavy (non-hydrogen) atoms. The number of carboxylic acid groups (broad SMARTS) is 3. The van der Waals surface area contributed by atoms with Crippen LogP contribution in [-0.4, -0.2) is 137 Å². The number of hydrogen-bond donors (Lipinski definition) is 3. The van der Waals surface area contributed by atoms with Crippen LogP contribution in [0, 0.1) is 0 Å². The van der Waals surface area contributed by atoms with Crippen molar-refractivity contribution in [2.45, 2.75) is 26.8 Å². The smallest absolute Gasteiger partial charge is 0.320 e. The van der Waals surface area contributed by atoms with E-state index < -0.39 is 23.9 Å². The molecule has 0 aliphatic carbocycles. The Morgan fingerprint density at radius 2 is 1.13 bits per heavy atom. The number of nitrogens with zero attached hydrogens (tertiary/aromatic N) is 4. The quantitative estimate of drug-likeness (QED) is 0.410. The largest absolute Gasteiger partial charge is 0.480 e. The van der Waals surface area contributed by atoms with E-state index in [1.54, 1.807) is 21.6 Å². The Labute approximate surface area is 177 Å². The number of aldehydes is 1. The zero-order chi connectivity index (χ0) is 23.1. The third kappa shape index (κ3) is 11.8. The van der Waals surface area contributed by atoms with E-state index in [0.717, 1.165) is 6.29 Å². The maximum atomic E-state index is 11.4. The van der Waals surface area contributed by atoms with Crippen molar-refractivity contribution in [2.24, 2.45) is 0 Å². The van der Waals surface area contributed by atoms with Crippen molar-refractivity contribution in [3.05, 3.63) is 0 Å². The van der Waals surface area contributed by atoms with Crippen LogP contribution in [0.25, 0.3) is 0 Å². The average molecular weight is 433 g/mol. The number of carbonyl (C=O) groups is 4. The third-order valence-corrected chi connectivity index (χ3v) is 4.83. The SMILES string of the molecule is CC.CC(C(=O)O)N1CCN(CC(=O)O)CCN(CC=O)CCN(CC(=O)O)CC1. The Bertz CT molecular complexity index is 515. The van der Waals surface area contributed by atoms with Crippen LogP contribution >= 0.6 is 0 Å². The van der Waals surface area contributed by atoms with E-state index in [1.165, 1.54) is 0 Å². The molecular weight excluding hydrogens is 396 g/mol. The lowest BCUT2D eigenvalue weighted by atomic mass is 10.2. The Morgan fingerprint density at radius 3 is 1.47 bits per heavy atom. The number of carbonyl (C=O) groups excluding carboxylic acids is 1. The summed E-state index contributed by atoms with van der Waals surface area (Å²) in [6.45, 7) is 8.55. The molecular formula is C19H36N4O7. The van der Waals surface area contributed by atoms with Gasteiger partial charge in [-0.15, -0.1) is 0 Å². The maximum absolute atomic E-state index is 11.4. The molecule has 1 rings (SSSR count). The van der Waals surface area contributed by atoms with Crippen LogP contribution in [0.3, 0.4) is 0 Å². The molecule has 1 fully saturated rings. The zero-order valence-electron chi connectivity index (χ0n) is 18.2. The van der Waals surface area contributed by atoms with Gasteiger partial charge in [0.25, 0.3) is 0 Å². The topological polar surface area (TPSA) is 142 Å². The number of aliphatic carboxylic acids is 3. The summed E-state index contributed by atoms with van der Waals surface area (Å²) < 4.78 is 0. The van der Waals surface area contributed by atoms with Crippen molar-refractivity contribution in [1.29, 1.82) is 0 Å². The van der Waals surface area contributed by atoms with Crippen molar-refractivity contribution >= 4 is 24.2 Å². The van der Waals surface area contributed by atoms with E-state index >= 15 is 0 Å². The Balaban J connectivity index is 0.00000407. The molecule has 11 nitrogen and oxygen atoms in total. The molecule has 0 aromatic rings. The second kappa shape index (κ2) is 15.7. The van der Waals surface area contributed by atoms with Crippen molar-refractivity contribution in [3.63, 3.8) is 0 Å². The molecule has 0 amide bonds. The normalized spacial score (nSPS) is 19.4. The number of hydrogen-bond acceptors (Lipinski definition) is 8. The summed E-state index contributed by atoms with van der Waals surface area (Å²) in [6, 6.07) is -0.771. The van der Waals surface area contributed by atoms with Crippen LogP contribution in [0.1, 0.15) is 20.8 Å². The van der Waals surface area contributed by atoms with E-state index in [2.05, 4.69) is 0 Å².